The van der Waals surface area contributed by atoms with Gasteiger partial charge in [-0.3, -0.25) is 0 Å². The van der Waals surface area contributed by atoms with Crippen LogP contribution < -0.4 is 0 Å². The first-order chi connectivity index (χ1) is 14.0. The van der Waals surface area contributed by atoms with Gasteiger partial charge in [0.25, 0.3) is 0 Å². The third-order valence-corrected chi connectivity index (χ3v) is 11.0. The molecule has 0 saturated heterocycles. The predicted octanol–water partition coefficient (Wildman–Crippen LogP) is 5.55. The molecule has 0 aromatic carbocycles. The summed E-state index contributed by atoms with van der Waals surface area (Å²) in [6.45, 7) is 12.0. The smallest absolute Gasteiger partial charge is 0.0985 e. The first-order valence-electron chi connectivity index (χ1n) is 13.1. The summed E-state index contributed by atoms with van der Waals surface area (Å²) >= 11 is 0. The fourth-order valence-corrected chi connectivity index (χ4v) is 9.29. The minimum Gasteiger partial charge on any atom is -0.393 e. The van der Waals surface area contributed by atoms with Crippen molar-refractivity contribution in [2.75, 3.05) is 0 Å². The van der Waals surface area contributed by atoms with E-state index < -0.39 is 17.8 Å². The Kier molecular flexibility index (Phi) is 6.17. The summed E-state index contributed by atoms with van der Waals surface area (Å²) < 4.78 is 0. The van der Waals surface area contributed by atoms with E-state index in [1.165, 1.54) is 44.9 Å². The molecule has 3 heteroatoms. The molecule has 0 aromatic rings. The van der Waals surface area contributed by atoms with Gasteiger partial charge in [-0.25, -0.2) is 0 Å². The van der Waals surface area contributed by atoms with E-state index in [0.717, 1.165) is 37.0 Å². The van der Waals surface area contributed by atoms with Crippen LogP contribution in [0.15, 0.2) is 0 Å². The number of hydrogen-bond acceptors (Lipinski definition) is 3. The maximum absolute atomic E-state index is 11.6. The number of fused-ring (bicyclic) bond motifs is 5. The lowest BCUT2D eigenvalue weighted by molar-refractivity contribution is -0.264. The van der Waals surface area contributed by atoms with Crippen LogP contribution in [-0.4, -0.2) is 33.1 Å². The van der Waals surface area contributed by atoms with E-state index in [2.05, 4.69) is 34.6 Å². The average molecular weight is 421 g/mol. The number of rotatable bonds is 5. The molecule has 4 aliphatic carbocycles. The van der Waals surface area contributed by atoms with E-state index in [1.807, 2.05) is 0 Å². The number of aliphatic hydroxyl groups excluding tert-OH is 2. The Balaban J connectivity index is 1.53. The first-order valence-corrected chi connectivity index (χ1v) is 13.1. The van der Waals surface area contributed by atoms with Crippen LogP contribution in [0.2, 0.25) is 0 Å². The maximum Gasteiger partial charge on any atom is 0.0985 e. The second kappa shape index (κ2) is 8.03. The van der Waals surface area contributed by atoms with Crippen LogP contribution in [0, 0.1) is 46.3 Å². The second-order valence-corrected chi connectivity index (χ2v) is 12.9. The molecule has 0 unspecified atom stereocenters. The Morgan fingerprint density at radius 3 is 2.33 bits per heavy atom. The van der Waals surface area contributed by atoms with Gasteiger partial charge in [0, 0.05) is 11.8 Å². The molecule has 4 rings (SSSR count). The van der Waals surface area contributed by atoms with Crippen LogP contribution >= 0.6 is 0 Å². The van der Waals surface area contributed by atoms with Gasteiger partial charge in [-0.1, -0.05) is 53.9 Å². The minimum absolute atomic E-state index is 0.253. The number of aliphatic hydroxyl groups is 3. The predicted molar refractivity (Wildman–Crippen MR) is 122 cm³/mol. The second-order valence-electron chi connectivity index (χ2n) is 12.9. The molecule has 0 aliphatic heterocycles. The summed E-state index contributed by atoms with van der Waals surface area (Å²) in [6, 6.07) is 0. The van der Waals surface area contributed by atoms with Gasteiger partial charge in [-0.15, -0.1) is 0 Å². The van der Waals surface area contributed by atoms with Crippen molar-refractivity contribution < 1.29 is 15.3 Å². The minimum atomic E-state index is -1.11. The molecule has 0 radical (unpaired) electrons. The molecule has 30 heavy (non-hydrogen) atoms. The summed E-state index contributed by atoms with van der Waals surface area (Å²) in [7, 11) is 0. The molecule has 10 atom stereocenters. The van der Waals surface area contributed by atoms with Crippen LogP contribution in [0.3, 0.4) is 0 Å². The average Bonchev–Trinajstić information content (AvgIpc) is 3.01. The molecule has 174 valence electrons. The highest BCUT2D eigenvalue weighted by molar-refractivity contribution is 5.17. The summed E-state index contributed by atoms with van der Waals surface area (Å²) in [5.41, 5.74) is -0.962. The summed E-state index contributed by atoms with van der Waals surface area (Å²) in [5.74, 6) is 4.13. The summed E-state index contributed by atoms with van der Waals surface area (Å²) in [6.07, 6.45) is 10.7. The third kappa shape index (κ3) is 3.41. The first kappa shape index (κ1) is 23.1. The van der Waals surface area contributed by atoms with Crippen LogP contribution in [0.5, 0.6) is 0 Å². The van der Waals surface area contributed by atoms with Crippen molar-refractivity contribution in [1.82, 2.24) is 0 Å². The molecule has 4 saturated carbocycles. The molecule has 0 spiro atoms. The van der Waals surface area contributed by atoms with Crippen LogP contribution in [0.25, 0.3) is 0 Å². The van der Waals surface area contributed by atoms with E-state index in [-0.39, 0.29) is 5.41 Å². The van der Waals surface area contributed by atoms with Gasteiger partial charge in [-0.2, -0.15) is 0 Å². The van der Waals surface area contributed by atoms with Crippen molar-refractivity contribution in [3.05, 3.63) is 0 Å². The van der Waals surface area contributed by atoms with Crippen molar-refractivity contribution in [2.45, 2.75) is 123 Å². The van der Waals surface area contributed by atoms with Crippen molar-refractivity contribution in [3.63, 3.8) is 0 Å². The Morgan fingerprint density at radius 2 is 1.63 bits per heavy atom. The van der Waals surface area contributed by atoms with Crippen molar-refractivity contribution >= 4 is 0 Å². The molecule has 0 bridgehead atoms. The van der Waals surface area contributed by atoms with E-state index in [4.69, 9.17) is 0 Å². The quantitative estimate of drug-likeness (QED) is 0.546. The van der Waals surface area contributed by atoms with Crippen LogP contribution in [0.1, 0.15) is 105 Å². The fraction of sp³-hybridized carbons (Fsp3) is 1.00. The van der Waals surface area contributed by atoms with Crippen molar-refractivity contribution in [3.8, 4) is 0 Å². The van der Waals surface area contributed by atoms with Gasteiger partial charge < -0.3 is 15.3 Å². The molecule has 0 amide bonds. The molecular formula is C27H48O3. The zero-order valence-electron chi connectivity index (χ0n) is 20.2. The fourth-order valence-electron chi connectivity index (χ4n) is 9.29. The Labute approximate surface area is 185 Å². The Hall–Kier alpha value is -0.120. The van der Waals surface area contributed by atoms with Crippen LogP contribution in [-0.2, 0) is 0 Å². The van der Waals surface area contributed by atoms with Crippen molar-refractivity contribution in [2.24, 2.45) is 46.3 Å². The molecule has 0 heterocycles. The SMILES string of the molecule is CC(C)CCC[C@@H](C)[C@H]1CC[C@H]2[C@@H]3C[C@@H](O)[C@]4(O)C[C@H](O)CC[C@]4(C)[C@H]3CC[C@]12C. The van der Waals surface area contributed by atoms with E-state index >= 15 is 0 Å². The molecule has 4 aliphatic rings. The highest BCUT2D eigenvalue weighted by Gasteiger charge is 2.67. The lowest BCUT2D eigenvalue weighted by Crippen LogP contribution is -2.68. The van der Waals surface area contributed by atoms with Crippen LogP contribution in [0.4, 0.5) is 0 Å². The van der Waals surface area contributed by atoms with E-state index in [1.54, 1.807) is 0 Å². The molecule has 3 N–H and O–H groups in total. The maximum atomic E-state index is 11.6. The van der Waals surface area contributed by atoms with Gasteiger partial charge in [0.2, 0.25) is 0 Å². The summed E-state index contributed by atoms with van der Waals surface area (Å²) in [5, 5.41) is 33.0. The van der Waals surface area contributed by atoms with E-state index in [0.29, 0.717) is 29.6 Å². The Morgan fingerprint density at radius 1 is 0.900 bits per heavy atom. The third-order valence-electron chi connectivity index (χ3n) is 11.0. The number of hydrogen-bond donors (Lipinski definition) is 3. The highest BCUT2D eigenvalue weighted by Crippen LogP contribution is 2.69. The zero-order chi connectivity index (χ0) is 21.9. The van der Waals surface area contributed by atoms with Gasteiger partial charge in [0.05, 0.1) is 17.8 Å². The largest absolute Gasteiger partial charge is 0.393 e. The molecular weight excluding hydrogens is 372 g/mol. The van der Waals surface area contributed by atoms with Gasteiger partial charge in [0.1, 0.15) is 0 Å². The standard InChI is InChI=1S/C27H48O3/c1-17(2)7-6-8-18(3)21-9-10-22-20-15-24(29)27(30)16-19(28)11-14-26(27,5)23(20)12-13-25(21,22)4/h17-24,28-30H,6-16H2,1-5H3/t18-,19-,20+,21-,22+,23+,24-,25-,26-,27-/m1/s1. The van der Waals surface area contributed by atoms with Gasteiger partial charge in [-0.05, 0) is 85.9 Å². The summed E-state index contributed by atoms with van der Waals surface area (Å²) in [4.78, 5) is 0. The monoisotopic (exact) mass is 420 g/mol. The normalized spacial score (nSPS) is 51.9. The topological polar surface area (TPSA) is 60.7 Å². The molecule has 4 fully saturated rings. The van der Waals surface area contributed by atoms with Gasteiger partial charge in [0.15, 0.2) is 0 Å². The Bertz CT molecular complexity index is 619. The molecule has 0 aromatic heterocycles. The molecule has 3 nitrogen and oxygen atoms in total. The lowest BCUT2D eigenvalue weighted by Gasteiger charge is -2.65. The van der Waals surface area contributed by atoms with Crippen molar-refractivity contribution in [1.29, 1.82) is 0 Å². The zero-order valence-corrected chi connectivity index (χ0v) is 20.2. The van der Waals surface area contributed by atoms with E-state index in [9.17, 15) is 15.3 Å². The highest BCUT2D eigenvalue weighted by atomic mass is 16.3. The van der Waals surface area contributed by atoms with Gasteiger partial charge >= 0.3 is 0 Å². The lowest BCUT2D eigenvalue weighted by atomic mass is 9.42.